The molecular formula is C18H26BrOTe+. The molecule has 116 valence electrons. The van der Waals surface area contributed by atoms with Gasteiger partial charge in [0.1, 0.15) is 0 Å². The summed E-state index contributed by atoms with van der Waals surface area (Å²) in [4.78, 5) is 2.52. The molecule has 1 aromatic carbocycles. The molecule has 0 aliphatic heterocycles. The van der Waals surface area contributed by atoms with Crippen LogP contribution in [0.15, 0.2) is 28.7 Å². The number of aliphatic hydroxyl groups excluding tert-OH is 1. The van der Waals surface area contributed by atoms with E-state index >= 15 is 0 Å². The molecule has 1 aromatic rings. The van der Waals surface area contributed by atoms with E-state index < -0.39 is 19.6 Å². The average molecular weight is 466 g/mol. The van der Waals surface area contributed by atoms with Gasteiger partial charge in [-0.1, -0.05) is 0 Å². The molecular weight excluding hydrogens is 440 g/mol. The van der Waals surface area contributed by atoms with Gasteiger partial charge in [0.2, 0.25) is 0 Å². The van der Waals surface area contributed by atoms with Gasteiger partial charge < -0.3 is 0 Å². The molecule has 0 aromatic heterocycles. The second kappa shape index (κ2) is 5.82. The van der Waals surface area contributed by atoms with Crippen LogP contribution in [-0.4, -0.2) is 30.8 Å². The Bertz CT molecular complexity index is 530. The van der Waals surface area contributed by atoms with Crippen LogP contribution in [0.4, 0.5) is 0 Å². The Hall–Kier alpha value is 0.450. The standard InChI is InChI=1S/C18H26BrOTe/c1-17(2)14-7-8-18(17,16(20)10-14)12-21(3)11-13-5-4-6-15(19)9-13/h4-6,9,14,16,20H,7-8,10-12H2,1-3H3/q+1/t14-,16-,18-/m1/s1. The summed E-state index contributed by atoms with van der Waals surface area (Å²) < 4.78 is 3.79. The fraction of sp³-hybridized carbons (Fsp3) is 0.667. The summed E-state index contributed by atoms with van der Waals surface area (Å²) in [6.45, 7) is 4.85. The monoisotopic (exact) mass is 467 g/mol. The number of benzene rings is 1. The van der Waals surface area contributed by atoms with Crippen LogP contribution in [0, 0.1) is 16.7 Å². The summed E-state index contributed by atoms with van der Waals surface area (Å²) in [5.41, 5.74) is 2.05. The van der Waals surface area contributed by atoms with E-state index in [2.05, 4.69) is 59.0 Å². The van der Waals surface area contributed by atoms with Crippen molar-refractivity contribution in [1.29, 1.82) is 0 Å². The zero-order chi connectivity index (χ0) is 15.3. The minimum absolute atomic E-state index is 0.0443. The molecule has 0 saturated heterocycles. The van der Waals surface area contributed by atoms with E-state index in [0.29, 0.717) is 5.41 Å². The third-order valence-electron chi connectivity index (χ3n) is 6.19. The van der Waals surface area contributed by atoms with Gasteiger partial charge >= 0.3 is 145 Å². The quantitative estimate of drug-likeness (QED) is 0.631. The summed E-state index contributed by atoms with van der Waals surface area (Å²) in [5.74, 6) is 0.755. The summed E-state index contributed by atoms with van der Waals surface area (Å²) in [6, 6.07) is 8.77. The third kappa shape index (κ3) is 2.73. The van der Waals surface area contributed by atoms with Crippen LogP contribution in [0.25, 0.3) is 0 Å². The molecule has 2 bridgehead atoms. The minimum atomic E-state index is -1.19. The van der Waals surface area contributed by atoms with Crippen molar-refractivity contribution in [2.24, 2.45) is 16.7 Å². The molecule has 3 atom stereocenters. The summed E-state index contributed by atoms with van der Waals surface area (Å²) in [6.07, 6.45) is 3.61. The Balaban J connectivity index is 1.74. The van der Waals surface area contributed by atoms with Gasteiger partial charge in [0.05, 0.1) is 0 Å². The number of hydrogen-bond acceptors (Lipinski definition) is 1. The molecule has 2 aliphatic rings. The molecule has 0 spiro atoms. The number of hydrogen-bond donors (Lipinski definition) is 1. The zero-order valence-corrected chi connectivity index (χ0v) is 17.1. The van der Waals surface area contributed by atoms with Gasteiger partial charge in [0.15, 0.2) is 0 Å². The molecule has 0 unspecified atom stereocenters. The molecule has 21 heavy (non-hydrogen) atoms. The maximum atomic E-state index is 10.7. The number of halogens is 1. The molecule has 0 heterocycles. The molecule has 2 saturated carbocycles. The van der Waals surface area contributed by atoms with Gasteiger partial charge in [-0.05, 0) is 0 Å². The van der Waals surface area contributed by atoms with Gasteiger partial charge in [0.25, 0.3) is 0 Å². The normalized spacial score (nSPS) is 33.8. The Morgan fingerprint density at radius 3 is 2.71 bits per heavy atom. The first kappa shape index (κ1) is 16.3. The van der Waals surface area contributed by atoms with Crippen molar-refractivity contribution in [2.75, 3.05) is 0 Å². The van der Waals surface area contributed by atoms with Gasteiger partial charge in [-0.2, -0.15) is 0 Å². The van der Waals surface area contributed by atoms with Crippen molar-refractivity contribution < 1.29 is 5.11 Å². The van der Waals surface area contributed by atoms with Gasteiger partial charge in [-0.15, -0.1) is 0 Å². The van der Waals surface area contributed by atoms with E-state index in [4.69, 9.17) is 0 Å². The van der Waals surface area contributed by atoms with Crippen LogP contribution in [0.3, 0.4) is 0 Å². The summed E-state index contributed by atoms with van der Waals surface area (Å²) in [5, 5.41) is 10.7. The van der Waals surface area contributed by atoms with Crippen molar-refractivity contribution >= 4 is 35.5 Å². The number of fused-ring (bicyclic) bond motifs is 2. The van der Waals surface area contributed by atoms with Crippen molar-refractivity contribution in [3.63, 3.8) is 0 Å². The zero-order valence-electron chi connectivity index (χ0n) is 13.2. The predicted octanol–water partition coefficient (Wildman–Crippen LogP) is 4.84. The fourth-order valence-corrected chi connectivity index (χ4v) is 12.2. The van der Waals surface area contributed by atoms with E-state index in [9.17, 15) is 5.11 Å². The molecule has 3 heteroatoms. The van der Waals surface area contributed by atoms with Crippen LogP contribution in [-0.2, 0) is 4.47 Å². The number of aliphatic hydroxyl groups is 1. The first-order valence-corrected chi connectivity index (χ1v) is 14.3. The maximum absolute atomic E-state index is 10.7. The van der Waals surface area contributed by atoms with Crippen molar-refractivity contribution in [3.05, 3.63) is 34.3 Å². The van der Waals surface area contributed by atoms with E-state index in [-0.39, 0.29) is 11.5 Å². The Labute approximate surface area is 144 Å². The average Bonchev–Trinajstić information content (AvgIpc) is 2.72. The first-order chi connectivity index (χ1) is 9.85. The summed E-state index contributed by atoms with van der Waals surface area (Å²) >= 11 is 2.38. The first-order valence-electron chi connectivity index (χ1n) is 7.87. The van der Waals surface area contributed by atoms with Crippen molar-refractivity contribution in [2.45, 2.75) is 53.1 Å². The van der Waals surface area contributed by atoms with Crippen molar-refractivity contribution in [1.82, 2.24) is 0 Å². The SMILES string of the molecule is C[Te+](Cc1cccc(Br)c1)C[C@]12CC[C@H](C[C@H]1O)C2(C)C. The Morgan fingerprint density at radius 2 is 2.14 bits per heavy atom. The predicted molar refractivity (Wildman–Crippen MR) is 93.8 cm³/mol. The molecule has 0 radical (unpaired) electrons. The van der Waals surface area contributed by atoms with E-state index in [1.807, 2.05) is 0 Å². The molecule has 1 nitrogen and oxygen atoms in total. The van der Waals surface area contributed by atoms with E-state index in [1.165, 1.54) is 31.8 Å². The molecule has 0 amide bonds. The Morgan fingerprint density at radius 1 is 1.38 bits per heavy atom. The fourth-order valence-electron chi connectivity index (χ4n) is 4.78. The molecule has 2 aliphatic carbocycles. The van der Waals surface area contributed by atoms with Gasteiger partial charge in [0, 0.05) is 0 Å². The van der Waals surface area contributed by atoms with Crippen LogP contribution in [0.2, 0.25) is 9.44 Å². The molecule has 3 rings (SSSR count). The van der Waals surface area contributed by atoms with Crippen LogP contribution >= 0.6 is 15.9 Å². The summed E-state index contributed by atoms with van der Waals surface area (Å²) in [7, 11) is 0. The Kier molecular flexibility index (Phi) is 4.52. The topological polar surface area (TPSA) is 20.2 Å². The van der Waals surface area contributed by atoms with Gasteiger partial charge in [-0.3, -0.25) is 0 Å². The second-order valence-corrected chi connectivity index (χ2v) is 14.6. The van der Waals surface area contributed by atoms with Crippen molar-refractivity contribution in [3.8, 4) is 0 Å². The van der Waals surface area contributed by atoms with Crippen LogP contribution in [0.1, 0.15) is 38.7 Å². The van der Waals surface area contributed by atoms with E-state index in [1.54, 1.807) is 0 Å². The third-order valence-corrected chi connectivity index (χ3v) is 11.9. The second-order valence-electron chi connectivity index (χ2n) is 7.56. The molecule has 2 fully saturated rings. The molecule has 1 N–H and O–H groups in total. The van der Waals surface area contributed by atoms with E-state index in [0.717, 1.165) is 12.3 Å². The number of rotatable bonds is 4. The van der Waals surface area contributed by atoms with Gasteiger partial charge in [-0.25, -0.2) is 0 Å². The van der Waals surface area contributed by atoms with Crippen LogP contribution < -0.4 is 0 Å². The van der Waals surface area contributed by atoms with Crippen LogP contribution in [0.5, 0.6) is 0 Å².